The van der Waals surface area contributed by atoms with Crippen LogP contribution in [0.4, 0.5) is 0 Å². The van der Waals surface area contributed by atoms with Crippen LogP contribution in [-0.2, 0) is 13.0 Å². The van der Waals surface area contributed by atoms with Gasteiger partial charge in [-0.15, -0.1) is 0 Å². The van der Waals surface area contributed by atoms with Crippen molar-refractivity contribution in [1.82, 2.24) is 0 Å². The molecule has 0 bridgehead atoms. The highest BCUT2D eigenvalue weighted by molar-refractivity contribution is 5.86. The topological polar surface area (TPSA) is 33.4 Å². The largest absolute Gasteiger partial charge is 0.464 e. The summed E-state index contributed by atoms with van der Waals surface area (Å²) in [4.78, 5) is 0. The van der Waals surface area contributed by atoms with Gasteiger partial charge in [-0.05, 0) is 49.3 Å². The van der Waals surface area contributed by atoms with E-state index in [9.17, 15) is 5.11 Å². The van der Waals surface area contributed by atoms with E-state index in [0.717, 1.165) is 23.0 Å². The van der Waals surface area contributed by atoms with Gasteiger partial charge in [0.15, 0.2) is 0 Å². The van der Waals surface area contributed by atoms with Crippen molar-refractivity contribution in [1.29, 1.82) is 0 Å². The second-order valence-electron chi connectivity index (χ2n) is 5.17. The van der Waals surface area contributed by atoms with Gasteiger partial charge in [-0.3, -0.25) is 0 Å². The van der Waals surface area contributed by atoms with Gasteiger partial charge in [0.1, 0.15) is 5.58 Å². The van der Waals surface area contributed by atoms with Gasteiger partial charge in [-0.2, -0.15) is 0 Å². The summed E-state index contributed by atoms with van der Waals surface area (Å²) in [6.45, 7) is 4.50. The Kier molecular flexibility index (Phi) is 2.48. The highest BCUT2D eigenvalue weighted by Crippen LogP contribution is 2.39. The minimum atomic E-state index is 0.0552. The quantitative estimate of drug-likeness (QED) is 0.810. The van der Waals surface area contributed by atoms with Crippen LogP contribution in [-0.4, -0.2) is 5.11 Å². The third-order valence-corrected chi connectivity index (χ3v) is 4.04. The van der Waals surface area contributed by atoms with E-state index in [4.69, 9.17) is 4.42 Å². The molecule has 0 amide bonds. The molecule has 3 rings (SSSR count). The summed E-state index contributed by atoms with van der Waals surface area (Å²) in [5, 5.41) is 10.4. The molecule has 1 aromatic carbocycles. The third-order valence-electron chi connectivity index (χ3n) is 4.04. The van der Waals surface area contributed by atoms with Crippen molar-refractivity contribution in [2.75, 3.05) is 0 Å². The van der Waals surface area contributed by atoms with Gasteiger partial charge in [0.05, 0.1) is 12.9 Å². The minimum absolute atomic E-state index is 0.0552. The smallest absolute Gasteiger partial charge is 0.137 e. The van der Waals surface area contributed by atoms with Crippen LogP contribution in [0.2, 0.25) is 0 Å². The molecule has 1 heterocycles. The van der Waals surface area contributed by atoms with E-state index in [1.54, 1.807) is 6.26 Å². The van der Waals surface area contributed by atoms with Gasteiger partial charge in [0.2, 0.25) is 0 Å². The second-order valence-corrected chi connectivity index (χ2v) is 5.17. The first-order valence-electron chi connectivity index (χ1n) is 6.35. The van der Waals surface area contributed by atoms with E-state index in [1.165, 1.54) is 29.5 Å². The van der Waals surface area contributed by atoms with Crippen molar-refractivity contribution in [3.63, 3.8) is 0 Å². The number of furan rings is 1. The Balaban J connectivity index is 2.36. The molecule has 1 atom stereocenters. The molecule has 0 radical (unpaired) electrons. The predicted octanol–water partition coefficient (Wildman–Crippen LogP) is 3.67. The van der Waals surface area contributed by atoms with Crippen molar-refractivity contribution in [3.8, 4) is 0 Å². The van der Waals surface area contributed by atoms with Crippen LogP contribution < -0.4 is 0 Å². The maximum Gasteiger partial charge on any atom is 0.137 e. The van der Waals surface area contributed by atoms with Gasteiger partial charge in [-0.25, -0.2) is 0 Å². The van der Waals surface area contributed by atoms with Gasteiger partial charge in [-0.1, -0.05) is 6.92 Å². The highest BCUT2D eigenvalue weighted by Gasteiger charge is 2.23. The molecule has 90 valence electrons. The van der Waals surface area contributed by atoms with E-state index >= 15 is 0 Å². The molecule has 1 N–H and O–H groups in total. The molecular weight excluding hydrogens is 212 g/mol. The Morgan fingerprint density at radius 1 is 1.47 bits per heavy atom. The summed E-state index contributed by atoms with van der Waals surface area (Å²) in [6.07, 6.45) is 5.37. The molecule has 0 spiro atoms. The molecule has 2 aromatic rings. The Bertz CT molecular complexity index is 566. The zero-order chi connectivity index (χ0) is 12.0. The molecule has 0 unspecified atom stereocenters. The molecule has 0 fully saturated rings. The molecule has 17 heavy (non-hydrogen) atoms. The first-order chi connectivity index (χ1) is 8.22. The first-order valence-corrected chi connectivity index (χ1v) is 6.35. The maximum absolute atomic E-state index is 9.33. The van der Waals surface area contributed by atoms with Crippen molar-refractivity contribution in [2.45, 2.75) is 45.6 Å². The SMILES string of the molecule is Cc1cc2c(CO)coc2c2c1CCC[C@H]2C. The number of benzene rings is 1. The molecule has 0 saturated carbocycles. The third kappa shape index (κ3) is 1.51. The summed E-state index contributed by atoms with van der Waals surface area (Å²) in [5.41, 5.74) is 6.10. The molecule has 2 heteroatoms. The lowest BCUT2D eigenvalue weighted by Crippen LogP contribution is -2.09. The molecule has 1 aromatic heterocycles. The molecule has 0 aliphatic heterocycles. The fraction of sp³-hybridized carbons (Fsp3) is 0.467. The number of rotatable bonds is 1. The number of fused-ring (bicyclic) bond motifs is 3. The lowest BCUT2D eigenvalue weighted by atomic mass is 9.81. The lowest BCUT2D eigenvalue weighted by molar-refractivity contribution is 0.281. The van der Waals surface area contributed by atoms with Crippen LogP contribution >= 0.6 is 0 Å². The standard InChI is InChI=1S/C15H18O2/c1-9-4-3-5-12-10(2)6-13-11(7-16)8-17-15(13)14(9)12/h6,8-9,16H,3-5,7H2,1-2H3/t9-/m1/s1. The summed E-state index contributed by atoms with van der Waals surface area (Å²) < 4.78 is 5.70. The van der Waals surface area contributed by atoms with E-state index in [1.807, 2.05) is 0 Å². The van der Waals surface area contributed by atoms with Gasteiger partial charge in [0, 0.05) is 16.5 Å². The van der Waals surface area contributed by atoms with Crippen LogP contribution in [0.3, 0.4) is 0 Å². The van der Waals surface area contributed by atoms with Crippen LogP contribution in [0.5, 0.6) is 0 Å². The van der Waals surface area contributed by atoms with Crippen LogP contribution in [0, 0.1) is 6.92 Å². The summed E-state index contributed by atoms with van der Waals surface area (Å²) in [7, 11) is 0. The first kappa shape index (κ1) is 10.8. The lowest BCUT2D eigenvalue weighted by Gasteiger charge is -2.24. The number of aliphatic hydroxyl groups is 1. The maximum atomic E-state index is 9.33. The molecule has 1 aliphatic rings. The summed E-state index contributed by atoms with van der Waals surface area (Å²) >= 11 is 0. The Morgan fingerprint density at radius 2 is 2.29 bits per heavy atom. The van der Waals surface area contributed by atoms with E-state index in [-0.39, 0.29) is 6.61 Å². The fourth-order valence-electron chi connectivity index (χ4n) is 3.13. The van der Waals surface area contributed by atoms with Crippen LogP contribution in [0.25, 0.3) is 11.0 Å². The van der Waals surface area contributed by atoms with Crippen molar-refractivity contribution >= 4 is 11.0 Å². The summed E-state index contributed by atoms with van der Waals surface area (Å²) in [6, 6.07) is 2.17. The molecule has 1 aliphatic carbocycles. The second kappa shape index (κ2) is 3.88. The monoisotopic (exact) mass is 230 g/mol. The average molecular weight is 230 g/mol. The van der Waals surface area contributed by atoms with Crippen LogP contribution in [0.1, 0.15) is 47.9 Å². The highest BCUT2D eigenvalue weighted by atomic mass is 16.3. The van der Waals surface area contributed by atoms with Crippen molar-refractivity contribution in [3.05, 3.63) is 34.6 Å². The Morgan fingerprint density at radius 3 is 3.06 bits per heavy atom. The van der Waals surface area contributed by atoms with Crippen LogP contribution in [0.15, 0.2) is 16.7 Å². The Labute approximate surface area is 101 Å². The number of hydrogen-bond donors (Lipinski definition) is 1. The molecule has 2 nitrogen and oxygen atoms in total. The zero-order valence-corrected chi connectivity index (χ0v) is 10.4. The number of hydrogen-bond acceptors (Lipinski definition) is 2. The zero-order valence-electron chi connectivity index (χ0n) is 10.4. The average Bonchev–Trinajstić information content (AvgIpc) is 2.72. The van der Waals surface area contributed by atoms with Crippen molar-refractivity contribution in [2.24, 2.45) is 0 Å². The van der Waals surface area contributed by atoms with E-state index < -0.39 is 0 Å². The van der Waals surface area contributed by atoms with Gasteiger partial charge in [0.25, 0.3) is 0 Å². The van der Waals surface area contributed by atoms with Gasteiger partial charge < -0.3 is 9.52 Å². The number of aliphatic hydroxyl groups excluding tert-OH is 1. The summed E-state index contributed by atoms with van der Waals surface area (Å²) in [5.74, 6) is 0.568. The minimum Gasteiger partial charge on any atom is -0.464 e. The van der Waals surface area contributed by atoms with Gasteiger partial charge >= 0.3 is 0 Å². The molecule has 0 saturated heterocycles. The molecular formula is C15H18O2. The van der Waals surface area contributed by atoms with E-state index in [2.05, 4.69) is 19.9 Å². The number of aryl methyl sites for hydroxylation is 1. The fourth-order valence-corrected chi connectivity index (χ4v) is 3.13. The Hall–Kier alpha value is -1.28. The van der Waals surface area contributed by atoms with E-state index in [0.29, 0.717) is 5.92 Å². The predicted molar refractivity (Wildman–Crippen MR) is 68.2 cm³/mol. The van der Waals surface area contributed by atoms with Crippen molar-refractivity contribution < 1.29 is 9.52 Å². The normalized spacial score (nSPS) is 19.6.